The highest BCUT2D eigenvalue weighted by Crippen LogP contribution is 2.34. The van der Waals surface area contributed by atoms with Gasteiger partial charge in [-0.2, -0.15) is 0 Å². The predicted octanol–water partition coefficient (Wildman–Crippen LogP) is 1.60. The van der Waals surface area contributed by atoms with Gasteiger partial charge in [-0.05, 0) is 32.0 Å². The number of aryl methyl sites for hydroxylation is 2. The van der Waals surface area contributed by atoms with Gasteiger partial charge in [0.05, 0.1) is 11.3 Å². The number of hydrazine groups is 2. The summed E-state index contributed by atoms with van der Waals surface area (Å²) in [6.45, 7) is 7.37. The van der Waals surface area contributed by atoms with Crippen molar-refractivity contribution in [3.05, 3.63) is 59.7 Å². The van der Waals surface area contributed by atoms with Gasteiger partial charge in [0.15, 0.2) is 0 Å². The highest BCUT2D eigenvalue weighted by molar-refractivity contribution is 6.00. The zero-order valence-electron chi connectivity index (χ0n) is 16.7. The zero-order chi connectivity index (χ0) is 20.0. The first kappa shape index (κ1) is 17.9. The largest absolute Gasteiger partial charge is 0.340 e. The molecule has 4 heterocycles. The van der Waals surface area contributed by atoms with Crippen molar-refractivity contribution >= 4 is 17.5 Å². The van der Waals surface area contributed by atoms with Gasteiger partial charge in [0.25, 0.3) is 5.91 Å². The maximum atomic E-state index is 13.3. The van der Waals surface area contributed by atoms with Gasteiger partial charge in [0.2, 0.25) is 5.95 Å². The Bertz CT molecular complexity index is 941. The number of likely N-dealkylation sites (tertiary alicyclic amines) is 1. The first-order valence-electron chi connectivity index (χ1n) is 10.0. The Morgan fingerprint density at radius 2 is 1.72 bits per heavy atom. The smallest absolute Gasteiger partial charge is 0.256 e. The summed E-state index contributed by atoms with van der Waals surface area (Å²) in [5.41, 5.74) is 9.49. The summed E-state index contributed by atoms with van der Waals surface area (Å²) in [4.78, 5) is 26.8. The van der Waals surface area contributed by atoms with E-state index in [4.69, 9.17) is 0 Å². The fraction of sp³-hybridized carbons (Fsp3) is 0.381. The summed E-state index contributed by atoms with van der Waals surface area (Å²) in [5, 5.41) is 1.82. The number of nitrogens with zero attached hydrogens (tertiary/aromatic N) is 5. The minimum atomic E-state index is 0.0892. The molecule has 2 atom stereocenters. The summed E-state index contributed by atoms with van der Waals surface area (Å²) in [6, 6.07) is 9.71. The number of carbonyl (C=O) groups is 1. The Balaban J connectivity index is 1.30. The lowest BCUT2D eigenvalue weighted by molar-refractivity contribution is 0.0783. The molecule has 150 valence electrons. The van der Waals surface area contributed by atoms with E-state index in [0.29, 0.717) is 17.4 Å². The van der Waals surface area contributed by atoms with E-state index in [2.05, 4.69) is 25.8 Å². The number of rotatable bonds is 3. The number of hydrogen-bond acceptors (Lipinski definition) is 7. The Morgan fingerprint density at radius 1 is 1.03 bits per heavy atom. The van der Waals surface area contributed by atoms with Crippen LogP contribution in [0, 0.1) is 25.7 Å². The number of carbonyl (C=O) groups excluding carboxylic acids is 1. The molecule has 1 aromatic carbocycles. The second-order valence-electron chi connectivity index (χ2n) is 8.05. The molecule has 3 aliphatic heterocycles. The number of anilines is 2. The number of para-hydroxylation sites is 1. The van der Waals surface area contributed by atoms with Crippen LogP contribution in [0.4, 0.5) is 11.6 Å². The molecule has 0 saturated carbocycles. The molecule has 2 unspecified atom stereocenters. The van der Waals surface area contributed by atoms with Crippen LogP contribution in [0.25, 0.3) is 0 Å². The second kappa shape index (κ2) is 7.04. The van der Waals surface area contributed by atoms with Crippen molar-refractivity contribution in [3.63, 3.8) is 0 Å². The molecule has 1 aromatic heterocycles. The van der Waals surface area contributed by atoms with Gasteiger partial charge in [-0.3, -0.25) is 9.80 Å². The quantitative estimate of drug-likeness (QED) is 0.823. The lowest BCUT2D eigenvalue weighted by Crippen LogP contribution is -2.38. The normalized spacial score (nSPS) is 22.9. The van der Waals surface area contributed by atoms with E-state index in [9.17, 15) is 4.79 Å². The van der Waals surface area contributed by atoms with E-state index < -0.39 is 0 Å². The number of fused-ring (bicyclic) bond motifs is 1. The monoisotopic (exact) mass is 391 g/mol. The summed E-state index contributed by atoms with van der Waals surface area (Å²) >= 11 is 0. The SMILES string of the molecule is Cc1cc(C)nc(N2CC3CN(C(=O)c4ccccc4N4C=CNN4)CC3C2)n1. The second-order valence-corrected chi connectivity index (χ2v) is 8.05. The van der Waals surface area contributed by atoms with Crippen molar-refractivity contribution in [2.24, 2.45) is 11.8 Å². The first-order chi connectivity index (χ1) is 14.1. The Labute approximate surface area is 170 Å². The van der Waals surface area contributed by atoms with E-state index in [1.54, 1.807) is 6.20 Å². The van der Waals surface area contributed by atoms with Crippen molar-refractivity contribution in [3.8, 4) is 0 Å². The van der Waals surface area contributed by atoms with E-state index in [-0.39, 0.29) is 5.91 Å². The van der Waals surface area contributed by atoms with Crippen LogP contribution >= 0.6 is 0 Å². The summed E-state index contributed by atoms with van der Waals surface area (Å²) < 4.78 is 0. The molecule has 8 heteroatoms. The summed E-state index contributed by atoms with van der Waals surface area (Å²) in [6.07, 6.45) is 3.66. The molecule has 2 aromatic rings. The highest BCUT2D eigenvalue weighted by Gasteiger charge is 2.43. The van der Waals surface area contributed by atoms with Gasteiger partial charge in [-0.15, -0.1) is 5.53 Å². The third-order valence-electron chi connectivity index (χ3n) is 5.91. The Kier molecular flexibility index (Phi) is 4.35. The number of aromatic nitrogens is 2. The molecule has 2 N–H and O–H groups in total. The molecule has 0 spiro atoms. The van der Waals surface area contributed by atoms with Crippen LogP contribution in [0.15, 0.2) is 42.7 Å². The molecule has 8 nitrogen and oxygen atoms in total. The topological polar surface area (TPSA) is 76.6 Å². The minimum Gasteiger partial charge on any atom is -0.340 e. The predicted molar refractivity (Wildman–Crippen MR) is 111 cm³/mol. The van der Waals surface area contributed by atoms with E-state index in [1.165, 1.54) is 0 Å². The van der Waals surface area contributed by atoms with Crippen LogP contribution in [0.1, 0.15) is 21.7 Å². The number of amides is 1. The highest BCUT2D eigenvalue weighted by atomic mass is 16.2. The Hall–Kier alpha value is -3.13. The van der Waals surface area contributed by atoms with Crippen molar-refractivity contribution < 1.29 is 4.79 Å². The fourth-order valence-corrected chi connectivity index (χ4v) is 4.60. The van der Waals surface area contributed by atoms with Crippen LogP contribution in [-0.2, 0) is 0 Å². The third-order valence-corrected chi connectivity index (χ3v) is 5.91. The van der Waals surface area contributed by atoms with Crippen molar-refractivity contribution in [2.75, 3.05) is 36.1 Å². The van der Waals surface area contributed by atoms with E-state index in [0.717, 1.165) is 49.2 Å². The van der Waals surface area contributed by atoms with Crippen LogP contribution in [0.5, 0.6) is 0 Å². The number of nitrogens with one attached hydrogen (secondary N) is 2. The summed E-state index contributed by atoms with van der Waals surface area (Å²) in [5.74, 6) is 1.83. The minimum absolute atomic E-state index is 0.0892. The van der Waals surface area contributed by atoms with Crippen LogP contribution in [-0.4, -0.2) is 47.0 Å². The van der Waals surface area contributed by atoms with Crippen molar-refractivity contribution in [1.29, 1.82) is 0 Å². The molecule has 1 amide bonds. The van der Waals surface area contributed by atoms with Gasteiger partial charge in [-0.25, -0.2) is 9.97 Å². The average Bonchev–Trinajstić information content (AvgIpc) is 3.43. The van der Waals surface area contributed by atoms with Gasteiger partial charge in [0, 0.05) is 61.8 Å². The van der Waals surface area contributed by atoms with Crippen LogP contribution in [0.3, 0.4) is 0 Å². The standard InChI is InChI=1S/C21H25N7O/c1-14-9-15(2)24-21(23-14)27-12-16-10-26(11-17(16)13-27)20(29)18-5-3-4-6-19(18)28-8-7-22-25-28/h3-9,16-17,22,25H,10-13H2,1-2H3. The van der Waals surface area contributed by atoms with Gasteiger partial charge >= 0.3 is 0 Å². The number of benzene rings is 1. The molecular formula is C21H25N7O. The fourth-order valence-electron chi connectivity index (χ4n) is 4.60. The zero-order valence-corrected chi connectivity index (χ0v) is 16.7. The molecule has 2 saturated heterocycles. The maximum Gasteiger partial charge on any atom is 0.256 e. The Morgan fingerprint density at radius 3 is 2.38 bits per heavy atom. The summed E-state index contributed by atoms with van der Waals surface area (Å²) in [7, 11) is 0. The molecule has 2 fully saturated rings. The van der Waals surface area contributed by atoms with Crippen LogP contribution < -0.4 is 20.9 Å². The van der Waals surface area contributed by atoms with E-state index >= 15 is 0 Å². The molecule has 29 heavy (non-hydrogen) atoms. The van der Waals surface area contributed by atoms with Crippen LogP contribution in [0.2, 0.25) is 0 Å². The average molecular weight is 391 g/mol. The third kappa shape index (κ3) is 3.29. The maximum absolute atomic E-state index is 13.3. The van der Waals surface area contributed by atoms with Gasteiger partial charge in [0.1, 0.15) is 0 Å². The van der Waals surface area contributed by atoms with Crippen molar-refractivity contribution in [2.45, 2.75) is 13.8 Å². The lowest BCUT2D eigenvalue weighted by Gasteiger charge is -2.24. The molecule has 0 aliphatic carbocycles. The molecule has 0 radical (unpaired) electrons. The molecule has 3 aliphatic rings. The number of hydrogen-bond donors (Lipinski definition) is 2. The van der Waals surface area contributed by atoms with E-state index in [1.807, 2.05) is 60.3 Å². The molecular weight excluding hydrogens is 366 g/mol. The van der Waals surface area contributed by atoms with Crippen molar-refractivity contribution in [1.82, 2.24) is 25.8 Å². The first-order valence-corrected chi connectivity index (χ1v) is 10.0. The van der Waals surface area contributed by atoms with Gasteiger partial charge < -0.3 is 15.2 Å². The molecule has 0 bridgehead atoms. The van der Waals surface area contributed by atoms with Gasteiger partial charge in [-0.1, -0.05) is 12.1 Å². The molecule has 5 rings (SSSR count). The lowest BCUT2D eigenvalue weighted by atomic mass is 10.0.